The Morgan fingerprint density at radius 3 is 2.29 bits per heavy atom. The molecule has 1 saturated heterocycles. The maximum Gasteiger partial charge on any atom is 0.325 e. The van der Waals surface area contributed by atoms with Crippen molar-refractivity contribution in [1.82, 2.24) is 9.80 Å². The third kappa shape index (κ3) is 7.52. The van der Waals surface area contributed by atoms with Gasteiger partial charge < -0.3 is 19.9 Å². The van der Waals surface area contributed by atoms with Crippen molar-refractivity contribution in [2.24, 2.45) is 0 Å². The first-order valence-corrected chi connectivity index (χ1v) is 16.8. The van der Waals surface area contributed by atoms with Gasteiger partial charge in [-0.25, -0.2) is 4.79 Å². The molecule has 7 heteroatoms. The van der Waals surface area contributed by atoms with Crippen molar-refractivity contribution < 1.29 is 14.3 Å². The molecule has 1 atom stereocenters. The monoisotopic (exact) mass is 610 g/mol. The average Bonchev–Trinajstić information content (AvgIpc) is 3.04. The zero-order valence-electron chi connectivity index (χ0n) is 27.7. The lowest BCUT2D eigenvalue weighted by atomic mass is 9.92. The first-order valence-electron chi connectivity index (χ1n) is 16.8. The van der Waals surface area contributed by atoms with E-state index in [2.05, 4.69) is 62.2 Å². The van der Waals surface area contributed by atoms with Gasteiger partial charge in [-0.2, -0.15) is 0 Å². The van der Waals surface area contributed by atoms with Crippen molar-refractivity contribution in [2.45, 2.75) is 78.2 Å². The summed E-state index contributed by atoms with van der Waals surface area (Å²) >= 11 is 0. The molecule has 3 aromatic rings. The van der Waals surface area contributed by atoms with Crippen molar-refractivity contribution in [1.29, 1.82) is 0 Å². The molecule has 2 aliphatic rings. The lowest BCUT2D eigenvalue weighted by Gasteiger charge is -2.42. The molecule has 5 rings (SSSR count). The molecule has 3 amide bonds. The molecule has 1 fully saturated rings. The molecule has 1 unspecified atom stereocenters. The number of anilines is 2. The number of urea groups is 1. The van der Waals surface area contributed by atoms with Crippen LogP contribution >= 0.6 is 0 Å². The van der Waals surface area contributed by atoms with Gasteiger partial charge in [-0.1, -0.05) is 82.6 Å². The average molecular weight is 611 g/mol. The molecule has 0 aliphatic carbocycles. The number of ether oxygens (including phenoxy) is 1. The first-order chi connectivity index (χ1) is 21.8. The number of nitrogens with zero attached hydrogens (tertiary/aromatic N) is 3. The minimum Gasteiger partial charge on any atom is -0.494 e. The lowest BCUT2D eigenvalue weighted by molar-refractivity contribution is -0.117. The number of fused-ring (bicyclic) bond motifs is 1. The highest BCUT2D eigenvalue weighted by atomic mass is 16.5. The summed E-state index contributed by atoms with van der Waals surface area (Å²) in [5, 5.41) is 3.23. The highest BCUT2D eigenvalue weighted by molar-refractivity contribution is 6.01. The molecule has 2 aliphatic heterocycles. The second-order valence-electron chi connectivity index (χ2n) is 13.0. The van der Waals surface area contributed by atoms with Crippen molar-refractivity contribution in [3.63, 3.8) is 0 Å². The van der Waals surface area contributed by atoms with Crippen LogP contribution in [0.2, 0.25) is 0 Å². The summed E-state index contributed by atoms with van der Waals surface area (Å²) in [4.78, 5) is 34.0. The summed E-state index contributed by atoms with van der Waals surface area (Å²) in [6.07, 6.45) is 4.89. The fraction of sp³-hybridized carbons (Fsp3) is 0.474. The Morgan fingerprint density at radius 1 is 0.911 bits per heavy atom. The van der Waals surface area contributed by atoms with E-state index in [1.165, 1.54) is 32.4 Å². The van der Waals surface area contributed by atoms with Crippen molar-refractivity contribution in [2.75, 3.05) is 49.5 Å². The second kappa shape index (κ2) is 15.0. The van der Waals surface area contributed by atoms with Crippen LogP contribution in [0, 0.1) is 0 Å². The molecule has 3 aromatic carbocycles. The van der Waals surface area contributed by atoms with Crippen molar-refractivity contribution >= 4 is 23.3 Å². The standard InChI is InChI=1S/C38H50N4O3/c1-6-41-34-20-9-8-17-33(34)37(29-15-12-16-30(25-29)45-24-14-23-40-21-10-7-11-22-40)42(38(41)44)26-35(43)39-36-31(27(2)3)18-13-19-32(36)28(4)5/h8-9,12-13,15-20,25,27-28,37H,6-7,10-11,14,21-24,26H2,1-5H3,(H,39,43). The van der Waals surface area contributed by atoms with Gasteiger partial charge in [0, 0.05) is 24.3 Å². The Balaban J connectivity index is 1.41. The normalized spacial score (nSPS) is 17.1. The molecule has 240 valence electrons. The van der Waals surface area contributed by atoms with Gasteiger partial charge in [0.1, 0.15) is 12.3 Å². The van der Waals surface area contributed by atoms with Gasteiger partial charge in [0.2, 0.25) is 5.91 Å². The Labute approximate surface area is 269 Å². The molecule has 45 heavy (non-hydrogen) atoms. The number of benzene rings is 3. The largest absolute Gasteiger partial charge is 0.494 e. The highest BCUT2D eigenvalue weighted by Crippen LogP contribution is 2.41. The number of likely N-dealkylation sites (tertiary alicyclic amines) is 1. The smallest absolute Gasteiger partial charge is 0.325 e. The van der Waals surface area contributed by atoms with Gasteiger partial charge in [-0.05, 0) is 86.0 Å². The van der Waals surface area contributed by atoms with E-state index in [0.29, 0.717) is 13.2 Å². The van der Waals surface area contributed by atoms with Crippen LogP contribution in [0.25, 0.3) is 0 Å². The van der Waals surface area contributed by atoms with Crippen LogP contribution < -0.4 is 15.0 Å². The number of carbonyl (C=O) groups excluding carboxylic acids is 2. The minimum atomic E-state index is -0.427. The van der Waals surface area contributed by atoms with Gasteiger partial charge in [0.25, 0.3) is 0 Å². The van der Waals surface area contributed by atoms with E-state index in [1.807, 2.05) is 49.4 Å². The second-order valence-corrected chi connectivity index (χ2v) is 13.0. The topological polar surface area (TPSA) is 65.1 Å². The number of carbonyl (C=O) groups is 2. The minimum absolute atomic E-state index is 0.0702. The summed E-state index contributed by atoms with van der Waals surface area (Å²) in [5.74, 6) is 1.07. The number of hydrogen-bond acceptors (Lipinski definition) is 4. The van der Waals surface area contributed by atoms with Gasteiger partial charge in [-0.3, -0.25) is 9.69 Å². The van der Waals surface area contributed by atoms with Crippen LogP contribution in [0.15, 0.2) is 66.7 Å². The number of para-hydroxylation sites is 2. The van der Waals surface area contributed by atoms with E-state index in [9.17, 15) is 9.59 Å². The molecular weight excluding hydrogens is 560 g/mol. The van der Waals surface area contributed by atoms with Crippen LogP contribution in [0.3, 0.4) is 0 Å². The van der Waals surface area contributed by atoms with Crippen LogP contribution in [0.5, 0.6) is 5.75 Å². The molecular formula is C38H50N4O3. The summed E-state index contributed by atoms with van der Waals surface area (Å²) in [5.41, 5.74) is 5.87. The SMILES string of the molecule is CCN1C(=O)N(CC(=O)Nc2c(C(C)C)cccc2C(C)C)C(c2cccc(OCCCN3CCCCC3)c2)c2ccccc21. The molecule has 0 spiro atoms. The number of rotatable bonds is 12. The molecule has 7 nitrogen and oxygen atoms in total. The zero-order chi connectivity index (χ0) is 31.9. The third-order valence-electron chi connectivity index (χ3n) is 9.09. The van der Waals surface area contributed by atoms with E-state index in [1.54, 1.807) is 9.80 Å². The maximum absolute atomic E-state index is 14.1. The summed E-state index contributed by atoms with van der Waals surface area (Å²) in [7, 11) is 0. The third-order valence-corrected chi connectivity index (χ3v) is 9.09. The van der Waals surface area contributed by atoms with Gasteiger partial charge in [0.15, 0.2) is 0 Å². The molecule has 0 aromatic heterocycles. The van der Waals surface area contributed by atoms with Gasteiger partial charge in [-0.15, -0.1) is 0 Å². The van der Waals surface area contributed by atoms with E-state index in [4.69, 9.17) is 4.74 Å². The van der Waals surface area contributed by atoms with Crippen molar-refractivity contribution in [3.8, 4) is 5.75 Å². The fourth-order valence-electron chi connectivity index (χ4n) is 6.79. The number of hydrogen-bond donors (Lipinski definition) is 1. The quantitative estimate of drug-likeness (QED) is 0.210. The Hall–Kier alpha value is -3.84. The van der Waals surface area contributed by atoms with E-state index >= 15 is 0 Å². The summed E-state index contributed by atoms with van der Waals surface area (Å²) in [6, 6.07) is 21.7. The fourth-order valence-corrected chi connectivity index (χ4v) is 6.79. The Bertz CT molecular complexity index is 1440. The van der Waals surface area contributed by atoms with Crippen LogP contribution in [-0.2, 0) is 4.79 Å². The molecule has 0 saturated carbocycles. The van der Waals surface area contributed by atoms with Gasteiger partial charge in [0.05, 0.1) is 18.3 Å². The van der Waals surface area contributed by atoms with Gasteiger partial charge >= 0.3 is 6.03 Å². The van der Waals surface area contributed by atoms with Crippen molar-refractivity contribution in [3.05, 3.63) is 89.0 Å². The highest BCUT2D eigenvalue weighted by Gasteiger charge is 2.39. The van der Waals surface area contributed by atoms with Crippen LogP contribution in [0.4, 0.5) is 16.2 Å². The Kier molecular flexibility index (Phi) is 10.8. The molecule has 0 bridgehead atoms. The maximum atomic E-state index is 14.1. The van der Waals surface area contributed by atoms with Crippen LogP contribution in [0.1, 0.15) is 100 Å². The van der Waals surface area contributed by atoms with E-state index in [0.717, 1.165) is 52.3 Å². The lowest BCUT2D eigenvalue weighted by Crippen LogP contribution is -2.52. The van der Waals surface area contributed by atoms with E-state index in [-0.39, 0.29) is 30.3 Å². The summed E-state index contributed by atoms with van der Waals surface area (Å²) < 4.78 is 6.23. The molecule has 2 heterocycles. The zero-order valence-corrected chi connectivity index (χ0v) is 27.7. The number of nitrogens with one attached hydrogen (secondary N) is 1. The van der Waals surface area contributed by atoms with E-state index < -0.39 is 6.04 Å². The summed E-state index contributed by atoms with van der Waals surface area (Å²) in [6.45, 7) is 15.0. The molecule has 0 radical (unpaired) electrons. The predicted molar refractivity (Wildman–Crippen MR) is 184 cm³/mol. The van der Waals surface area contributed by atoms with Crippen LogP contribution in [-0.4, -0.2) is 61.1 Å². The number of piperidine rings is 1. The number of amides is 3. The Morgan fingerprint density at radius 2 is 1.60 bits per heavy atom. The first kappa shape index (κ1) is 32.6. The molecule has 1 N–H and O–H groups in total. The predicted octanol–water partition coefficient (Wildman–Crippen LogP) is 8.18.